The van der Waals surface area contributed by atoms with Crippen molar-refractivity contribution in [2.24, 2.45) is 4.99 Å². The van der Waals surface area contributed by atoms with Crippen LogP contribution in [0.4, 0.5) is 0 Å². The third kappa shape index (κ3) is 16.0. The van der Waals surface area contributed by atoms with Crippen molar-refractivity contribution in [1.82, 2.24) is 5.32 Å². The van der Waals surface area contributed by atoms with E-state index in [-0.39, 0.29) is 0 Å². The van der Waals surface area contributed by atoms with Gasteiger partial charge < -0.3 is 0 Å². The van der Waals surface area contributed by atoms with E-state index in [1.807, 2.05) is 0 Å². The van der Waals surface area contributed by atoms with Gasteiger partial charge in [-0.05, 0) is 0 Å². The molecular weight excluding hydrogens is 311 g/mol. The molecule has 119 valence electrons. The van der Waals surface area contributed by atoms with Crippen molar-refractivity contribution in [3.63, 3.8) is 0 Å². The molecule has 0 saturated heterocycles. The number of nitrogens with zero attached hydrogens (tertiary/aromatic N) is 1. The fourth-order valence-corrected chi connectivity index (χ4v) is 2.63. The maximum absolute atomic E-state index is 4.54. The molecule has 0 aliphatic carbocycles. The normalized spacial score (nSPS) is 11.8. The Morgan fingerprint density at radius 1 is 0.750 bits per heavy atom. The van der Waals surface area contributed by atoms with E-state index in [2.05, 4.69) is 40.2 Å². The summed E-state index contributed by atoms with van der Waals surface area (Å²) in [4.78, 5) is 4.54. The second-order valence-electron chi connectivity index (χ2n) is 5.65. The summed E-state index contributed by atoms with van der Waals surface area (Å²) in [5.41, 5.74) is 0. The van der Waals surface area contributed by atoms with Gasteiger partial charge in [-0.2, -0.15) is 0 Å². The van der Waals surface area contributed by atoms with Gasteiger partial charge in [-0.25, -0.2) is 0 Å². The van der Waals surface area contributed by atoms with Crippen molar-refractivity contribution < 1.29 is 0 Å². The van der Waals surface area contributed by atoms with Gasteiger partial charge in [0.05, 0.1) is 0 Å². The first-order valence-corrected chi connectivity index (χ1v) is 9.62. The molecule has 0 aliphatic heterocycles. The van der Waals surface area contributed by atoms with Crippen LogP contribution < -0.4 is 5.32 Å². The van der Waals surface area contributed by atoms with Crippen LogP contribution in [0.3, 0.4) is 0 Å². The number of hydrogen-bond acceptors (Lipinski definition) is 1. The van der Waals surface area contributed by atoms with Gasteiger partial charge in [0.2, 0.25) is 0 Å². The first-order valence-electron chi connectivity index (χ1n) is 8.76. The van der Waals surface area contributed by atoms with E-state index in [0.717, 1.165) is 17.8 Å². The maximum atomic E-state index is 4.54. The first kappa shape index (κ1) is 20.0. The molecule has 3 heteroatoms. The van der Waals surface area contributed by atoms with Crippen LogP contribution in [0.2, 0.25) is 0 Å². The summed E-state index contributed by atoms with van der Waals surface area (Å²) < 4.78 is 1.01. The van der Waals surface area contributed by atoms with Gasteiger partial charge in [0, 0.05) is 0 Å². The fourth-order valence-electron chi connectivity index (χ4n) is 2.23. The summed E-state index contributed by atoms with van der Waals surface area (Å²) in [5.74, 6) is 0. The molecule has 0 aromatic heterocycles. The number of aliphatic imine (C=N–C) groups is 1. The Morgan fingerprint density at radius 3 is 1.85 bits per heavy atom. The zero-order chi connectivity index (χ0) is 14.9. The van der Waals surface area contributed by atoms with Crippen LogP contribution in [0, 0.1) is 0 Å². The molecule has 1 radical (unpaired) electrons. The molecule has 0 spiro atoms. The third-order valence-electron chi connectivity index (χ3n) is 3.57. The van der Waals surface area contributed by atoms with Gasteiger partial charge >= 0.3 is 135 Å². The Bertz CT molecular complexity index is 217. The van der Waals surface area contributed by atoms with Crippen LogP contribution >= 0.6 is 0 Å². The summed E-state index contributed by atoms with van der Waals surface area (Å²) >= 11 is 3.04. The Hall–Kier alpha value is -0.0105. The quantitative estimate of drug-likeness (QED) is 0.207. The van der Waals surface area contributed by atoms with E-state index in [0.29, 0.717) is 0 Å². The second kappa shape index (κ2) is 17.0. The third-order valence-corrected chi connectivity index (χ3v) is 4.15. The number of unbranched alkanes of at least 4 members (excludes halogenated alkanes) is 10. The summed E-state index contributed by atoms with van der Waals surface area (Å²) in [5, 5.41) is 3.38. The first-order chi connectivity index (χ1) is 9.81. The molecule has 0 rings (SSSR count). The second-order valence-corrected chi connectivity index (χ2v) is 6.46. The topological polar surface area (TPSA) is 24.4 Å². The van der Waals surface area contributed by atoms with Crippen LogP contribution in [0.1, 0.15) is 90.9 Å². The Morgan fingerprint density at radius 2 is 1.25 bits per heavy atom. The van der Waals surface area contributed by atoms with Crippen molar-refractivity contribution in [3.05, 3.63) is 0 Å². The van der Waals surface area contributed by atoms with Crippen LogP contribution in [-0.4, -0.2) is 33.8 Å². The van der Waals surface area contributed by atoms with Gasteiger partial charge in [-0.1, -0.05) is 0 Å². The Balaban J connectivity index is 3.25. The molecule has 0 fully saturated rings. The van der Waals surface area contributed by atoms with Crippen molar-refractivity contribution in [2.45, 2.75) is 90.9 Å². The Labute approximate surface area is 135 Å². The monoisotopic (exact) mass is 347 g/mol. The van der Waals surface area contributed by atoms with Crippen LogP contribution in [0.15, 0.2) is 4.99 Å². The molecule has 0 aliphatic rings. The average molecular weight is 346 g/mol. The fraction of sp³-hybridized carbons (Fsp3) is 0.941. The summed E-state index contributed by atoms with van der Waals surface area (Å²) in [6, 6.07) is 0. The van der Waals surface area contributed by atoms with Crippen molar-refractivity contribution in [1.29, 1.82) is 0 Å². The van der Waals surface area contributed by atoms with Crippen LogP contribution in [0.25, 0.3) is 0 Å². The molecule has 1 N–H and O–H groups in total. The molecular formula is C17H35N2Se. The SMILES string of the molecule is CCCCCCCCN=C([Se])NCCCCCCCC. The predicted molar refractivity (Wildman–Crippen MR) is 92.8 cm³/mol. The van der Waals surface area contributed by atoms with Gasteiger partial charge in [0.15, 0.2) is 0 Å². The van der Waals surface area contributed by atoms with E-state index in [1.54, 1.807) is 0 Å². The summed E-state index contributed by atoms with van der Waals surface area (Å²) in [6.07, 6.45) is 16.1. The predicted octanol–water partition coefficient (Wildman–Crippen LogP) is 4.82. The van der Waals surface area contributed by atoms with E-state index < -0.39 is 0 Å². The molecule has 0 aromatic rings. The van der Waals surface area contributed by atoms with E-state index in [1.165, 1.54) is 77.0 Å². The zero-order valence-electron chi connectivity index (χ0n) is 13.8. The standard InChI is InChI=1S/C17H35N2Se/c1-3-5-7-9-11-13-15-18-17(20)19-16-14-12-10-8-6-4-2/h3-16H2,1-2H3,(H,18,19). The number of rotatable bonds is 14. The molecule has 0 heterocycles. The molecule has 20 heavy (non-hydrogen) atoms. The van der Waals surface area contributed by atoms with Gasteiger partial charge in [0.25, 0.3) is 0 Å². The minimum atomic E-state index is 0.970. The van der Waals surface area contributed by atoms with E-state index >= 15 is 0 Å². The van der Waals surface area contributed by atoms with Gasteiger partial charge in [-0.3, -0.25) is 0 Å². The Kier molecular flexibility index (Phi) is 17.0. The summed E-state index contributed by atoms with van der Waals surface area (Å²) in [6.45, 7) is 6.56. The number of nitrogens with one attached hydrogen (secondary N) is 1. The molecule has 0 bridgehead atoms. The molecule has 0 amide bonds. The van der Waals surface area contributed by atoms with Gasteiger partial charge in [0.1, 0.15) is 0 Å². The summed E-state index contributed by atoms with van der Waals surface area (Å²) in [7, 11) is 0. The molecule has 0 saturated carbocycles. The molecule has 0 aromatic carbocycles. The van der Waals surface area contributed by atoms with Crippen LogP contribution in [-0.2, 0) is 0 Å². The van der Waals surface area contributed by atoms with Crippen molar-refractivity contribution >= 4 is 20.7 Å². The van der Waals surface area contributed by atoms with Crippen LogP contribution in [0.5, 0.6) is 0 Å². The number of hydrogen-bond donors (Lipinski definition) is 1. The van der Waals surface area contributed by atoms with E-state index in [4.69, 9.17) is 0 Å². The van der Waals surface area contributed by atoms with E-state index in [9.17, 15) is 0 Å². The molecule has 2 nitrogen and oxygen atoms in total. The van der Waals surface area contributed by atoms with Crippen molar-refractivity contribution in [3.8, 4) is 0 Å². The molecule has 0 atom stereocenters. The molecule has 0 unspecified atom stereocenters. The average Bonchev–Trinajstić information content (AvgIpc) is 2.45. The van der Waals surface area contributed by atoms with Gasteiger partial charge in [-0.15, -0.1) is 0 Å². The number of amidine groups is 1. The zero-order valence-corrected chi connectivity index (χ0v) is 15.5. The van der Waals surface area contributed by atoms with Crippen molar-refractivity contribution in [2.75, 3.05) is 13.1 Å². The minimum absolute atomic E-state index is 0.970.